The van der Waals surface area contributed by atoms with Gasteiger partial charge >= 0.3 is 0 Å². The number of anilines is 1. The molecule has 3 rings (SSSR count). The van der Waals surface area contributed by atoms with E-state index < -0.39 is 21.7 Å². The highest BCUT2D eigenvalue weighted by Gasteiger charge is 2.32. The molecule has 1 saturated heterocycles. The molecule has 0 saturated carbocycles. The van der Waals surface area contributed by atoms with Crippen LogP contribution in [-0.4, -0.2) is 43.9 Å². The lowest BCUT2D eigenvalue weighted by Crippen LogP contribution is -2.48. The normalized spacial score (nSPS) is 20.7. The largest absolute Gasteiger partial charge is 0.373 e. The SMILES string of the molecule is CC1CN(S(=O)(=O)c2ccc(NC(=O)/C=C/c3ccccc3F)cc2)CC(C)O1. The molecule has 0 aromatic heterocycles. The maximum absolute atomic E-state index is 13.6. The average Bonchev–Trinajstić information content (AvgIpc) is 2.67. The minimum atomic E-state index is -3.64. The third kappa shape index (κ3) is 5.29. The zero-order valence-corrected chi connectivity index (χ0v) is 17.0. The molecule has 29 heavy (non-hydrogen) atoms. The van der Waals surface area contributed by atoms with Gasteiger partial charge in [0.05, 0.1) is 17.1 Å². The number of morpholine rings is 1. The van der Waals surface area contributed by atoms with Gasteiger partial charge in [-0.25, -0.2) is 12.8 Å². The second kappa shape index (κ2) is 8.86. The van der Waals surface area contributed by atoms with Crippen LogP contribution in [-0.2, 0) is 19.6 Å². The van der Waals surface area contributed by atoms with Gasteiger partial charge in [0.25, 0.3) is 0 Å². The maximum Gasteiger partial charge on any atom is 0.248 e. The molecule has 6 nitrogen and oxygen atoms in total. The van der Waals surface area contributed by atoms with Crippen LogP contribution in [0.3, 0.4) is 0 Å². The van der Waals surface area contributed by atoms with Crippen LogP contribution in [0.2, 0.25) is 0 Å². The van der Waals surface area contributed by atoms with E-state index in [1.165, 1.54) is 46.8 Å². The Bertz CT molecular complexity index is 996. The van der Waals surface area contributed by atoms with Crippen molar-refractivity contribution in [1.29, 1.82) is 0 Å². The van der Waals surface area contributed by atoms with Gasteiger partial charge in [-0.15, -0.1) is 0 Å². The van der Waals surface area contributed by atoms with E-state index in [0.29, 0.717) is 24.3 Å². The Kier molecular flexibility index (Phi) is 6.46. The number of ether oxygens (including phenoxy) is 1. The molecule has 1 aliphatic rings. The van der Waals surface area contributed by atoms with Crippen LogP contribution in [0.4, 0.5) is 10.1 Å². The van der Waals surface area contributed by atoms with Crippen molar-refractivity contribution >= 4 is 27.7 Å². The molecule has 2 aromatic carbocycles. The summed E-state index contributed by atoms with van der Waals surface area (Å²) in [6.07, 6.45) is 2.26. The number of rotatable bonds is 5. The predicted octanol–water partition coefficient (Wildman–Crippen LogP) is 3.28. The fraction of sp³-hybridized carbons (Fsp3) is 0.286. The van der Waals surface area contributed by atoms with Crippen LogP contribution in [0.5, 0.6) is 0 Å². The molecular weight excluding hydrogens is 395 g/mol. The van der Waals surface area contributed by atoms with E-state index in [0.717, 1.165) is 0 Å². The molecule has 0 spiro atoms. The second-order valence-corrected chi connectivity index (χ2v) is 8.89. The summed E-state index contributed by atoms with van der Waals surface area (Å²) >= 11 is 0. The standard InChI is InChI=1S/C21H23FN2O4S/c1-15-13-24(14-16(2)28-15)29(26,27)19-10-8-18(9-11-19)23-21(25)12-7-17-5-3-4-6-20(17)22/h3-12,15-16H,13-14H2,1-2H3,(H,23,25)/b12-7+. The van der Waals surface area contributed by atoms with Gasteiger partial charge in [0, 0.05) is 30.4 Å². The number of nitrogens with one attached hydrogen (secondary N) is 1. The van der Waals surface area contributed by atoms with Crippen LogP contribution in [0, 0.1) is 5.82 Å². The number of hydrogen-bond donors (Lipinski definition) is 1. The Morgan fingerprint density at radius 2 is 1.72 bits per heavy atom. The molecule has 154 valence electrons. The van der Waals surface area contributed by atoms with Crippen molar-refractivity contribution in [2.24, 2.45) is 0 Å². The van der Waals surface area contributed by atoms with E-state index in [1.807, 2.05) is 13.8 Å². The Labute approximate surface area is 170 Å². The first-order valence-corrected chi connectivity index (χ1v) is 10.7. The lowest BCUT2D eigenvalue weighted by molar-refractivity contribution is -0.111. The number of benzene rings is 2. The van der Waals surface area contributed by atoms with E-state index in [1.54, 1.807) is 18.2 Å². The van der Waals surface area contributed by atoms with Crippen LogP contribution < -0.4 is 5.32 Å². The topological polar surface area (TPSA) is 75.7 Å². The number of sulfonamides is 1. The van der Waals surface area contributed by atoms with Gasteiger partial charge in [-0.2, -0.15) is 4.31 Å². The molecule has 1 aliphatic heterocycles. The first kappa shape index (κ1) is 21.2. The first-order chi connectivity index (χ1) is 13.8. The quantitative estimate of drug-likeness (QED) is 0.756. The third-order valence-electron chi connectivity index (χ3n) is 4.47. The molecule has 2 atom stereocenters. The smallest absolute Gasteiger partial charge is 0.248 e. The number of carbonyl (C=O) groups excluding carboxylic acids is 1. The van der Waals surface area contributed by atoms with Gasteiger partial charge < -0.3 is 10.1 Å². The van der Waals surface area contributed by atoms with Gasteiger partial charge in [-0.05, 0) is 50.3 Å². The molecule has 1 heterocycles. The fourth-order valence-corrected chi connectivity index (χ4v) is 4.74. The van der Waals surface area contributed by atoms with Gasteiger partial charge in [0.15, 0.2) is 0 Å². The average molecular weight is 418 g/mol. The highest BCUT2D eigenvalue weighted by Crippen LogP contribution is 2.22. The van der Waals surface area contributed by atoms with E-state index in [4.69, 9.17) is 4.74 Å². The maximum atomic E-state index is 13.6. The summed E-state index contributed by atoms with van der Waals surface area (Å²) in [6.45, 7) is 4.27. The molecule has 1 N–H and O–H groups in total. The highest BCUT2D eigenvalue weighted by molar-refractivity contribution is 7.89. The zero-order valence-electron chi connectivity index (χ0n) is 16.2. The van der Waals surface area contributed by atoms with Crippen molar-refractivity contribution in [2.45, 2.75) is 31.0 Å². The summed E-state index contributed by atoms with van der Waals surface area (Å²) in [5, 5.41) is 2.63. The molecule has 0 bridgehead atoms. The number of amides is 1. The third-order valence-corrected chi connectivity index (χ3v) is 6.31. The van der Waals surface area contributed by atoms with Crippen molar-refractivity contribution in [3.63, 3.8) is 0 Å². The molecular formula is C21H23FN2O4S. The van der Waals surface area contributed by atoms with E-state index in [9.17, 15) is 17.6 Å². The van der Waals surface area contributed by atoms with Gasteiger partial charge in [-0.1, -0.05) is 18.2 Å². The molecule has 8 heteroatoms. The monoisotopic (exact) mass is 418 g/mol. The predicted molar refractivity (Wildman–Crippen MR) is 109 cm³/mol. The summed E-state index contributed by atoms with van der Waals surface area (Å²) in [6, 6.07) is 12.1. The minimum absolute atomic E-state index is 0.152. The van der Waals surface area contributed by atoms with Gasteiger partial charge in [0.1, 0.15) is 5.82 Å². The minimum Gasteiger partial charge on any atom is -0.373 e. The number of carbonyl (C=O) groups is 1. The van der Waals surface area contributed by atoms with Crippen LogP contribution in [0.25, 0.3) is 6.08 Å². The van der Waals surface area contributed by atoms with E-state index in [2.05, 4.69) is 5.32 Å². The fourth-order valence-electron chi connectivity index (χ4n) is 3.15. The Balaban J connectivity index is 1.67. The molecule has 1 amide bonds. The Morgan fingerprint density at radius 3 is 2.34 bits per heavy atom. The van der Waals surface area contributed by atoms with Crippen LogP contribution in [0.1, 0.15) is 19.4 Å². The van der Waals surface area contributed by atoms with E-state index in [-0.39, 0.29) is 17.1 Å². The molecule has 0 aliphatic carbocycles. The van der Waals surface area contributed by atoms with Crippen LogP contribution in [0.15, 0.2) is 59.5 Å². The van der Waals surface area contributed by atoms with Crippen molar-refractivity contribution < 1.29 is 22.3 Å². The Hall–Kier alpha value is -2.55. The summed E-state index contributed by atoms with van der Waals surface area (Å²) in [4.78, 5) is 12.2. The summed E-state index contributed by atoms with van der Waals surface area (Å²) in [7, 11) is -3.64. The molecule has 0 radical (unpaired) electrons. The highest BCUT2D eigenvalue weighted by atomic mass is 32.2. The summed E-state index contributed by atoms with van der Waals surface area (Å²) in [5.41, 5.74) is 0.744. The lowest BCUT2D eigenvalue weighted by Gasteiger charge is -2.34. The van der Waals surface area contributed by atoms with Gasteiger partial charge in [0.2, 0.25) is 15.9 Å². The molecule has 2 aromatic rings. The Morgan fingerprint density at radius 1 is 1.10 bits per heavy atom. The molecule has 2 unspecified atom stereocenters. The van der Waals surface area contributed by atoms with Crippen molar-refractivity contribution in [3.05, 3.63) is 66.0 Å². The van der Waals surface area contributed by atoms with Crippen molar-refractivity contribution in [2.75, 3.05) is 18.4 Å². The van der Waals surface area contributed by atoms with Crippen LogP contribution >= 0.6 is 0 Å². The number of halogens is 1. The number of hydrogen-bond acceptors (Lipinski definition) is 4. The number of nitrogens with zero attached hydrogens (tertiary/aromatic N) is 1. The molecule has 1 fully saturated rings. The van der Waals surface area contributed by atoms with E-state index >= 15 is 0 Å². The summed E-state index contributed by atoms with van der Waals surface area (Å²) < 4.78 is 46.3. The van der Waals surface area contributed by atoms with Crippen molar-refractivity contribution in [1.82, 2.24) is 4.31 Å². The zero-order chi connectivity index (χ0) is 21.0. The first-order valence-electron chi connectivity index (χ1n) is 9.25. The summed E-state index contributed by atoms with van der Waals surface area (Å²) in [5.74, 6) is -0.863. The second-order valence-electron chi connectivity index (χ2n) is 6.95. The van der Waals surface area contributed by atoms with Gasteiger partial charge in [-0.3, -0.25) is 4.79 Å². The van der Waals surface area contributed by atoms with Crippen molar-refractivity contribution in [3.8, 4) is 0 Å². The lowest BCUT2D eigenvalue weighted by atomic mass is 10.2.